The van der Waals surface area contributed by atoms with E-state index in [-0.39, 0.29) is 17.7 Å². The lowest BCUT2D eigenvalue weighted by Gasteiger charge is -2.26. The summed E-state index contributed by atoms with van der Waals surface area (Å²) in [5.74, 6) is 0.0791. The van der Waals surface area contributed by atoms with Crippen molar-refractivity contribution in [1.29, 1.82) is 0 Å². The van der Waals surface area contributed by atoms with Crippen LogP contribution in [0.3, 0.4) is 0 Å². The molecule has 1 aliphatic rings. The zero-order valence-corrected chi connectivity index (χ0v) is 21.8. The van der Waals surface area contributed by atoms with Gasteiger partial charge in [0.05, 0.1) is 35.6 Å². The number of esters is 1. The second-order valence-corrected chi connectivity index (χ2v) is 9.65. The maximum absolute atomic E-state index is 13.9. The molecule has 186 valence electrons. The lowest BCUT2D eigenvalue weighted by Crippen LogP contribution is -2.40. The molecule has 4 aromatic rings. The van der Waals surface area contributed by atoms with Crippen molar-refractivity contribution in [3.05, 3.63) is 126 Å². The predicted molar refractivity (Wildman–Crippen MR) is 146 cm³/mol. The number of rotatable bonds is 6. The van der Waals surface area contributed by atoms with E-state index in [0.717, 1.165) is 11.1 Å². The Labute approximate surface area is 222 Å². The van der Waals surface area contributed by atoms with E-state index in [0.29, 0.717) is 31.4 Å². The number of fused-ring (bicyclic) bond motifs is 1. The monoisotopic (exact) mass is 530 g/mol. The summed E-state index contributed by atoms with van der Waals surface area (Å²) in [6.07, 6.45) is 1.75. The van der Waals surface area contributed by atoms with Gasteiger partial charge in [0, 0.05) is 10.6 Å². The van der Waals surface area contributed by atoms with Crippen LogP contribution in [-0.4, -0.2) is 24.3 Å². The van der Waals surface area contributed by atoms with Crippen molar-refractivity contribution in [3.63, 3.8) is 0 Å². The van der Waals surface area contributed by atoms with Crippen LogP contribution < -0.4 is 19.6 Å². The number of thiazole rings is 1. The summed E-state index contributed by atoms with van der Waals surface area (Å²) in [5.41, 5.74) is 2.67. The highest BCUT2D eigenvalue weighted by Crippen LogP contribution is 2.36. The van der Waals surface area contributed by atoms with Crippen molar-refractivity contribution < 1.29 is 14.3 Å². The summed E-state index contributed by atoms with van der Waals surface area (Å²) in [7, 11) is 1.58. The van der Waals surface area contributed by atoms with Crippen LogP contribution in [0.15, 0.2) is 94.2 Å². The Morgan fingerprint density at radius 1 is 1.08 bits per heavy atom. The molecule has 0 spiro atoms. The quantitative estimate of drug-likeness (QED) is 0.342. The SMILES string of the molecule is CCOC(=O)C1=C(c2ccccc2)N=c2s/c(=C/c3ccccc3Cl)c(=O)n2[C@@H]1c1cccc(OC)c1. The first-order valence-corrected chi connectivity index (χ1v) is 12.9. The molecule has 1 aromatic heterocycles. The smallest absolute Gasteiger partial charge is 0.338 e. The minimum atomic E-state index is -0.769. The van der Waals surface area contributed by atoms with Crippen LogP contribution in [0.25, 0.3) is 11.8 Å². The Morgan fingerprint density at radius 3 is 2.57 bits per heavy atom. The Bertz CT molecular complexity index is 1690. The Morgan fingerprint density at radius 2 is 1.84 bits per heavy atom. The molecule has 1 atom stereocenters. The second-order valence-electron chi connectivity index (χ2n) is 8.23. The number of aromatic nitrogens is 1. The summed E-state index contributed by atoms with van der Waals surface area (Å²) in [4.78, 5) is 32.7. The van der Waals surface area contributed by atoms with E-state index in [1.54, 1.807) is 30.7 Å². The number of hydrogen-bond donors (Lipinski definition) is 0. The van der Waals surface area contributed by atoms with Gasteiger partial charge in [0.25, 0.3) is 5.56 Å². The summed E-state index contributed by atoms with van der Waals surface area (Å²) < 4.78 is 13.0. The van der Waals surface area contributed by atoms with Gasteiger partial charge < -0.3 is 9.47 Å². The third kappa shape index (κ3) is 4.75. The molecule has 5 rings (SSSR count). The van der Waals surface area contributed by atoms with Gasteiger partial charge in [-0.2, -0.15) is 0 Å². The zero-order valence-electron chi connectivity index (χ0n) is 20.2. The van der Waals surface area contributed by atoms with Crippen molar-refractivity contribution in [1.82, 2.24) is 4.57 Å². The molecule has 1 aliphatic heterocycles. The van der Waals surface area contributed by atoms with E-state index in [9.17, 15) is 9.59 Å². The van der Waals surface area contributed by atoms with Crippen molar-refractivity contribution in [3.8, 4) is 5.75 Å². The summed E-state index contributed by atoms with van der Waals surface area (Å²) >= 11 is 7.62. The molecule has 2 heterocycles. The molecule has 0 amide bonds. The van der Waals surface area contributed by atoms with Crippen molar-refractivity contribution in [2.45, 2.75) is 13.0 Å². The number of nitrogens with zero attached hydrogens (tertiary/aromatic N) is 2. The molecule has 0 saturated carbocycles. The summed E-state index contributed by atoms with van der Waals surface area (Å²) in [6, 6.07) is 23.3. The predicted octanol–water partition coefficient (Wildman–Crippen LogP) is 4.60. The second kappa shape index (κ2) is 10.6. The minimum Gasteiger partial charge on any atom is -0.497 e. The highest BCUT2D eigenvalue weighted by molar-refractivity contribution is 7.07. The van der Waals surface area contributed by atoms with E-state index in [2.05, 4.69) is 0 Å². The van der Waals surface area contributed by atoms with Crippen LogP contribution in [0, 0.1) is 0 Å². The number of methoxy groups -OCH3 is 1. The molecular formula is C29H23ClN2O4S. The maximum Gasteiger partial charge on any atom is 0.338 e. The van der Waals surface area contributed by atoms with Crippen LogP contribution in [0.2, 0.25) is 5.02 Å². The standard InChI is InChI=1S/C29H23ClN2O4S/c1-3-36-28(34)24-25(18-10-5-4-6-11-18)31-29-32(26(24)20-13-9-14-21(16-20)35-2)27(33)23(37-29)17-19-12-7-8-15-22(19)30/h4-17,26H,3H2,1-2H3/b23-17+/t26-/m1/s1. The summed E-state index contributed by atoms with van der Waals surface area (Å²) in [6.45, 7) is 1.94. The number of benzene rings is 3. The van der Waals surface area contributed by atoms with Gasteiger partial charge >= 0.3 is 5.97 Å². The van der Waals surface area contributed by atoms with Crippen molar-refractivity contribution in [2.24, 2.45) is 4.99 Å². The first-order chi connectivity index (χ1) is 18.0. The Balaban J connectivity index is 1.85. The Hall–Kier alpha value is -3.94. The topological polar surface area (TPSA) is 69.9 Å². The van der Waals surface area contributed by atoms with E-state index in [4.69, 9.17) is 26.1 Å². The molecular weight excluding hydrogens is 508 g/mol. The van der Waals surface area contributed by atoms with Gasteiger partial charge in [0.1, 0.15) is 5.75 Å². The Kier molecular flexibility index (Phi) is 7.08. The van der Waals surface area contributed by atoms with Crippen LogP contribution in [0.4, 0.5) is 0 Å². The van der Waals surface area contributed by atoms with Crippen LogP contribution in [0.1, 0.15) is 29.7 Å². The number of carbonyl (C=O) groups is 1. The third-order valence-corrected chi connectivity index (χ3v) is 7.30. The van der Waals surface area contributed by atoms with E-state index in [1.807, 2.05) is 72.8 Å². The van der Waals surface area contributed by atoms with Gasteiger partial charge in [0.15, 0.2) is 4.80 Å². The lowest BCUT2D eigenvalue weighted by atomic mass is 9.93. The minimum absolute atomic E-state index is 0.187. The number of halogens is 1. The average molecular weight is 531 g/mol. The largest absolute Gasteiger partial charge is 0.497 e. The molecule has 37 heavy (non-hydrogen) atoms. The van der Waals surface area contributed by atoms with Gasteiger partial charge in [-0.1, -0.05) is 83.6 Å². The summed E-state index contributed by atoms with van der Waals surface area (Å²) in [5, 5.41) is 0.537. The molecule has 0 fully saturated rings. The molecule has 6 nitrogen and oxygen atoms in total. The van der Waals surface area contributed by atoms with E-state index >= 15 is 0 Å². The van der Waals surface area contributed by atoms with Gasteiger partial charge in [-0.3, -0.25) is 9.36 Å². The van der Waals surface area contributed by atoms with Gasteiger partial charge in [-0.05, 0) is 42.3 Å². The molecule has 0 aliphatic carbocycles. The molecule has 0 unspecified atom stereocenters. The van der Waals surface area contributed by atoms with Crippen molar-refractivity contribution in [2.75, 3.05) is 13.7 Å². The number of hydrogen-bond acceptors (Lipinski definition) is 6. The first-order valence-electron chi connectivity index (χ1n) is 11.7. The number of carbonyl (C=O) groups excluding carboxylic acids is 1. The fourth-order valence-electron chi connectivity index (χ4n) is 4.30. The van der Waals surface area contributed by atoms with Crippen molar-refractivity contribution >= 4 is 40.7 Å². The van der Waals surface area contributed by atoms with Gasteiger partial charge in [0.2, 0.25) is 0 Å². The maximum atomic E-state index is 13.9. The highest BCUT2D eigenvalue weighted by atomic mass is 35.5. The first kappa shape index (κ1) is 24.7. The van der Waals surface area contributed by atoms with Gasteiger partial charge in [-0.15, -0.1) is 0 Å². The highest BCUT2D eigenvalue weighted by Gasteiger charge is 2.35. The van der Waals surface area contributed by atoms with Crippen LogP contribution >= 0.6 is 22.9 Å². The van der Waals surface area contributed by atoms with Gasteiger partial charge in [-0.25, -0.2) is 9.79 Å². The van der Waals surface area contributed by atoms with Crippen LogP contribution in [-0.2, 0) is 9.53 Å². The molecule has 0 N–H and O–H groups in total. The number of ether oxygens (including phenoxy) is 2. The normalized spacial score (nSPS) is 15.2. The molecule has 8 heteroatoms. The van der Waals surface area contributed by atoms with E-state index < -0.39 is 12.0 Å². The molecule has 0 bridgehead atoms. The fraction of sp³-hybridized carbons (Fsp3) is 0.138. The van der Waals surface area contributed by atoms with E-state index in [1.165, 1.54) is 11.3 Å². The average Bonchev–Trinajstić information content (AvgIpc) is 3.24. The molecule has 0 radical (unpaired) electrons. The van der Waals surface area contributed by atoms with Crippen LogP contribution in [0.5, 0.6) is 5.75 Å². The third-order valence-electron chi connectivity index (χ3n) is 5.98. The lowest BCUT2D eigenvalue weighted by molar-refractivity contribution is -0.138. The molecule has 3 aromatic carbocycles. The fourth-order valence-corrected chi connectivity index (χ4v) is 5.48. The molecule has 0 saturated heterocycles. The zero-order chi connectivity index (χ0) is 25.9.